The van der Waals surface area contributed by atoms with Gasteiger partial charge in [-0.05, 0) is 63.1 Å². The average Bonchev–Trinajstić information content (AvgIpc) is 3.20. The van der Waals surface area contributed by atoms with Crippen molar-refractivity contribution in [2.45, 2.75) is 46.6 Å². The van der Waals surface area contributed by atoms with E-state index in [1.165, 1.54) is 0 Å². The number of rotatable bonds is 8. The van der Waals surface area contributed by atoms with Crippen molar-refractivity contribution >= 4 is 11.9 Å². The summed E-state index contributed by atoms with van der Waals surface area (Å²) in [7, 11) is 0. The van der Waals surface area contributed by atoms with Crippen molar-refractivity contribution in [3.63, 3.8) is 0 Å². The molecule has 1 atom stereocenters. The molecule has 1 unspecified atom stereocenters. The molecule has 6 nitrogen and oxygen atoms in total. The molecule has 1 aromatic heterocycles. The number of nitrogens with one attached hydrogen (secondary N) is 1. The van der Waals surface area contributed by atoms with E-state index in [1.54, 1.807) is 29.8 Å². The van der Waals surface area contributed by atoms with E-state index in [0.717, 1.165) is 35.3 Å². The van der Waals surface area contributed by atoms with Crippen molar-refractivity contribution in [3.8, 4) is 16.9 Å². The van der Waals surface area contributed by atoms with Crippen LogP contribution in [0.25, 0.3) is 16.9 Å². The molecular weight excluding hydrogens is 390 g/mol. The molecule has 6 heteroatoms. The molecule has 0 saturated carbocycles. The molecule has 2 aromatic carbocycles. The Morgan fingerprint density at radius 2 is 1.81 bits per heavy atom. The van der Waals surface area contributed by atoms with Crippen molar-refractivity contribution in [2.75, 3.05) is 6.61 Å². The Morgan fingerprint density at radius 1 is 1.10 bits per heavy atom. The summed E-state index contributed by atoms with van der Waals surface area (Å²) in [6.45, 7) is 8.17. The molecule has 0 fully saturated rings. The van der Waals surface area contributed by atoms with Crippen LogP contribution >= 0.6 is 0 Å². The lowest BCUT2D eigenvalue weighted by molar-refractivity contribution is 0.0518. The van der Waals surface area contributed by atoms with Crippen LogP contribution in [-0.4, -0.2) is 34.3 Å². The van der Waals surface area contributed by atoms with E-state index in [1.807, 2.05) is 50.2 Å². The summed E-state index contributed by atoms with van der Waals surface area (Å²) in [5.41, 5.74) is 4.42. The van der Waals surface area contributed by atoms with Crippen molar-refractivity contribution in [1.82, 2.24) is 15.1 Å². The van der Waals surface area contributed by atoms with Crippen molar-refractivity contribution in [1.29, 1.82) is 0 Å². The SMILES string of the molecule is CCCC(C)NC(=O)c1ccc(-n2nc(C(=O)OCC)cc2-c2ccccc2C)cc1. The van der Waals surface area contributed by atoms with E-state index >= 15 is 0 Å². The topological polar surface area (TPSA) is 73.2 Å². The lowest BCUT2D eigenvalue weighted by Crippen LogP contribution is -2.32. The second-order valence-electron chi connectivity index (χ2n) is 7.57. The summed E-state index contributed by atoms with van der Waals surface area (Å²) in [5.74, 6) is -0.559. The van der Waals surface area contributed by atoms with Gasteiger partial charge in [-0.1, -0.05) is 37.6 Å². The number of aryl methyl sites for hydroxylation is 1. The second-order valence-corrected chi connectivity index (χ2v) is 7.57. The molecule has 1 N–H and O–H groups in total. The van der Waals surface area contributed by atoms with E-state index < -0.39 is 5.97 Å². The Balaban J connectivity index is 1.96. The normalized spacial score (nSPS) is 11.7. The van der Waals surface area contributed by atoms with Crippen molar-refractivity contribution in [3.05, 3.63) is 71.4 Å². The van der Waals surface area contributed by atoms with Gasteiger partial charge in [0.15, 0.2) is 5.69 Å². The molecule has 1 amide bonds. The molecule has 0 aliphatic heterocycles. The predicted octanol–water partition coefficient (Wildman–Crippen LogP) is 4.94. The van der Waals surface area contributed by atoms with Crippen LogP contribution in [0.15, 0.2) is 54.6 Å². The first-order valence-electron chi connectivity index (χ1n) is 10.7. The number of ether oxygens (including phenoxy) is 1. The van der Waals surface area contributed by atoms with Crippen LogP contribution in [0.2, 0.25) is 0 Å². The minimum atomic E-state index is -0.461. The number of hydrogen-bond donors (Lipinski definition) is 1. The van der Waals surface area contributed by atoms with Gasteiger partial charge in [0.05, 0.1) is 18.0 Å². The first-order chi connectivity index (χ1) is 14.9. The van der Waals surface area contributed by atoms with Gasteiger partial charge in [-0.15, -0.1) is 0 Å². The Morgan fingerprint density at radius 3 is 2.45 bits per heavy atom. The number of esters is 1. The third-order valence-corrected chi connectivity index (χ3v) is 5.09. The quantitative estimate of drug-likeness (QED) is 0.525. The fourth-order valence-corrected chi connectivity index (χ4v) is 3.50. The highest BCUT2D eigenvalue weighted by atomic mass is 16.5. The highest BCUT2D eigenvalue weighted by molar-refractivity contribution is 5.94. The number of carbonyl (C=O) groups excluding carboxylic acids is 2. The predicted molar refractivity (Wildman–Crippen MR) is 122 cm³/mol. The first kappa shape index (κ1) is 22.3. The standard InChI is InChI=1S/C25H29N3O3/c1-5-9-18(4)26-24(29)19-12-14-20(15-13-19)28-23(21-11-8-7-10-17(21)3)16-22(27-28)25(30)31-6-2/h7-8,10-16,18H,5-6,9H2,1-4H3,(H,26,29). The summed E-state index contributed by atoms with van der Waals surface area (Å²) in [6, 6.07) is 17.0. The van der Waals surface area contributed by atoms with Crippen LogP contribution in [-0.2, 0) is 4.74 Å². The number of carbonyl (C=O) groups is 2. The van der Waals surface area contributed by atoms with Gasteiger partial charge in [-0.2, -0.15) is 5.10 Å². The maximum atomic E-state index is 12.5. The molecule has 0 spiro atoms. The summed E-state index contributed by atoms with van der Waals surface area (Å²) in [4.78, 5) is 24.8. The number of hydrogen-bond acceptors (Lipinski definition) is 4. The number of benzene rings is 2. The van der Waals surface area contributed by atoms with Gasteiger partial charge in [-0.25, -0.2) is 9.48 Å². The summed E-state index contributed by atoms with van der Waals surface area (Å²) >= 11 is 0. The zero-order valence-corrected chi connectivity index (χ0v) is 18.5. The highest BCUT2D eigenvalue weighted by Gasteiger charge is 2.19. The van der Waals surface area contributed by atoms with Gasteiger partial charge in [0.25, 0.3) is 5.91 Å². The average molecular weight is 420 g/mol. The Hall–Kier alpha value is -3.41. The molecule has 3 rings (SSSR count). The monoisotopic (exact) mass is 419 g/mol. The number of aromatic nitrogens is 2. The molecule has 0 aliphatic rings. The fraction of sp³-hybridized carbons (Fsp3) is 0.320. The summed E-state index contributed by atoms with van der Waals surface area (Å²) < 4.78 is 6.86. The molecule has 162 valence electrons. The minimum Gasteiger partial charge on any atom is -0.461 e. The molecule has 0 bridgehead atoms. The third-order valence-electron chi connectivity index (χ3n) is 5.09. The molecule has 3 aromatic rings. The van der Waals surface area contributed by atoms with Gasteiger partial charge in [-0.3, -0.25) is 4.79 Å². The minimum absolute atomic E-state index is 0.0979. The number of nitrogens with zero attached hydrogens (tertiary/aromatic N) is 2. The summed E-state index contributed by atoms with van der Waals surface area (Å²) in [5, 5.41) is 7.52. The van der Waals surface area contributed by atoms with Crippen LogP contribution in [0, 0.1) is 6.92 Å². The Kier molecular flexibility index (Phi) is 7.23. The zero-order valence-electron chi connectivity index (χ0n) is 18.5. The van der Waals surface area contributed by atoms with Crippen LogP contribution in [0.4, 0.5) is 0 Å². The smallest absolute Gasteiger partial charge is 0.358 e. The lowest BCUT2D eigenvalue weighted by atomic mass is 10.1. The van der Waals surface area contributed by atoms with Crippen LogP contribution in [0.3, 0.4) is 0 Å². The fourth-order valence-electron chi connectivity index (χ4n) is 3.50. The largest absolute Gasteiger partial charge is 0.461 e. The van der Waals surface area contributed by atoms with Gasteiger partial charge < -0.3 is 10.1 Å². The van der Waals surface area contributed by atoms with Crippen LogP contribution in [0.5, 0.6) is 0 Å². The molecule has 1 heterocycles. The molecule has 0 saturated heterocycles. The van der Waals surface area contributed by atoms with Crippen molar-refractivity contribution in [2.24, 2.45) is 0 Å². The van der Waals surface area contributed by atoms with E-state index in [9.17, 15) is 9.59 Å². The van der Waals surface area contributed by atoms with E-state index in [2.05, 4.69) is 17.3 Å². The summed E-state index contributed by atoms with van der Waals surface area (Å²) in [6.07, 6.45) is 1.96. The van der Waals surface area contributed by atoms with Crippen LogP contribution in [0.1, 0.15) is 60.0 Å². The number of amides is 1. The van der Waals surface area contributed by atoms with Gasteiger partial charge in [0, 0.05) is 17.2 Å². The van der Waals surface area contributed by atoms with Gasteiger partial charge >= 0.3 is 5.97 Å². The van der Waals surface area contributed by atoms with Gasteiger partial charge in [0.2, 0.25) is 0 Å². The molecular formula is C25H29N3O3. The van der Waals surface area contributed by atoms with E-state index in [-0.39, 0.29) is 24.2 Å². The van der Waals surface area contributed by atoms with Gasteiger partial charge in [0.1, 0.15) is 0 Å². The lowest BCUT2D eigenvalue weighted by Gasteiger charge is -2.13. The first-order valence-corrected chi connectivity index (χ1v) is 10.7. The highest BCUT2D eigenvalue weighted by Crippen LogP contribution is 2.27. The maximum absolute atomic E-state index is 12.5. The Labute approximate surface area is 183 Å². The van der Waals surface area contributed by atoms with E-state index in [4.69, 9.17) is 4.74 Å². The third kappa shape index (κ3) is 5.20. The maximum Gasteiger partial charge on any atom is 0.358 e. The molecule has 0 radical (unpaired) electrons. The van der Waals surface area contributed by atoms with E-state index in [0.29, 0.717) is 5.56 Å². The van der Waals surface area contributed by atoms with Crippen molar-refractivity contribution < 1.29 is 14.3 Å². The zero-order chi connectivity index (χ0) is 22.4. The molecule has 0 aliphatic carbocycles. The second kappa shape index (κ2) is 10.1. The van der Waals surface area contributed by atoms with Crippen LogP contribution < -0.4 is 5.32 Å². The Bertz CT molecular complexity index is 1050. The molecule has 31 heavy (non-hydrogen) atoms.